The molecule has 1 fully saturated rings. The van der Waals surface area contributed by atoms with Crippen LogP contribution < -0.4 is 5.32 Å². The number of rotatable bonds is 9. The van der Waals surface area contributed by atoms with E-state index in [-0.39, 0.29) is 0 Å². The highest BCUT2D eigenvalue weighted by atomic mass is 16.5. The van der Waals surface area contributed by atoms with Gasteiger partial charge in [-0.15, -0.1) is 0 Å². The lowest BCUT2D eigenvalue weighted by Gasteiger charge is -2.16. The van der Waals surface area contributed by atoms with Gasteiger partial charge in [-0.3, -0.25) is 0 Å². The maximum absolute atomic E-state index is 5.56. The second-order valence-corrected chi connectivity index (χ2v) is 5.11. The number of methoxy groups -OCH3 is 1. The minimum Gasteiger partial charge on any atom is -0.468 e. The summed E-state index contributed by atoms with van der Waals surface area (Å²) in [5.41, 5.74) is 1.29. The van der Waals surface area contributed by atoms with Gasteiger partial charge in [-0.1, -0.05) is 0 Å². The fourth-order valence-electron chi connectivity index (χ4n) is 2.04. The lowest BCUT2D eigenvalue weighted by molar-refractivity contribution is 0.178. The Morgan fingerprint density at radius 3 is 3.06 bits per heavy atom. The highest BCUT2D eigenvalue weighted by Crippen LogP contribution is 2.20. The summed E-state index contributed by atoms with van der Waals surface area (Å²) in [6.07, 6.45) is 5.49. The Kier molecular flexibility index (Phi) is 5.23. The first-order valence-corrected chi connectivity index (χ1v) is 6.75. The van der Waals surface area contributed by atoms with Gasteiger partial charge >= 0.3 is 0 Å². The van der Waals surface area contributed by atoms with Crippen LogP contribution >= 0.6 is 0 Å². The van der Waals surface area contributed by atoms with E-state index in [0.717, 1.165) is 44.5 Å². The van der Waals surface area contributed by atoms with Crippen LogP contribution in [0.15, 0.2) is 16.7 Å². The summed E-state index contributed by atoms with van der Waals surface area (Å²) in [6.45, 7) is 3.68. The topological polar surface area (TPSA) is 37.6 Å². The van der Waals surface area contributed by atoms with Gasteiger partial charge in [0.1, 0.15) is 5.76 Å². The van der Waals surface area contributed by atoms with Crippen LogP contribution in [0.25, 0.3) is 0 Å². The molecule has 0 radical (unpaired) electrons. The van der Waals surface area contributed by atoms with Gasteiger partial charge in [0.05, 0.1) is 12.8 Å². The Morgan fingerprint density at radius 2 is 2.33 bits per heavy atom. The quantitative estimate of drug-likeness (QED) is 0.682. The molecule has 1 saturated carbocycles. The zero-order chi connectivity index (χ0) is 12.8. The molecule has 0 bridgehead atoms. The van der Waals surface area contributed by atoms with Gasteiger partial charge in [-0.05, 0) is 32.4 Å². The van der Waals surface area contributed by atoms with Crippen LogP contribution in [0.4, 0.5) is 0 Å². The number of hydrogen-bond donors (Lipinski definition) is 1. The normalized spacial score (nSPS) is 15.5. The van der Waals surface area contributed by atoms with Crippen LogP contribution in [0.2, 0.25) is 0 Å². The molecule has 0 atom stereocenters. The maximum atomic E-state index is 5.56. The first-order chi connectivity index (χ1) is 8.79. The summed E-state index contributed by atoms with van der Waals surface area (Å²) < 4.78 is 10.6. The van der Waals surface area contributed by atoms with Crippen molar-refractivity contribution in [2.75, 3.05) is 27.3 Å². The SMILES string of the molecule is COCCCN(C)Cc1ccoc1CNC1CC1. The summed E-state index contributed by atoms with van der Waals surface area (Å²) >= 11 is 0. The molecule has 1 aliphatic rings. The second kappa shape index (κ2) is 6.92. The lowest BCUT2D eigenvalue weighted by Crippen LogP contribution is -2.22. The lowest BCUT2D eigenvalue weighted by atomic mass is 10.2. The van der Waals surface area contributed by atoms with Crippen molar-refractivity contribution >= 4 is 0 Å². The number of hydrogen-bond acceptors (Lipinski definition) is 4. The Bertz CT molecular complexity index is 347. The fourth-order valence-corrected chi connectivity index (χ4v) is 2.04. The molecule has 2 rings (SSSR count). The summed E-state index contributed by atoms with van der Waals surface area (Å²) in [5, 5.41) is 3.49. The van der Waals surface area contributed by atoms with Crippen molar-refractivity contribution in [3.63, 3.8) is 0 Å². The zero-order valence-electron chi connectivity index (χ0n) is 11.4. The zero-order valence-corrected chi connectivity index (χ0v) is 11.4. The smallest absolute Gasteiger partial charge is 0.122 e. The van der Waals surface area contributed by atoms with Crippen molar-refractivity contribution in [3.8, 4) is 0 Å². The Hall–Kier alpha value is -0.840. The first-order valence-electron chi connectivity index (χ1n) is 6.75. The van der Waals surface area contributed by atoms with Crippen molar-refractivity contribution in [2.24, 2.45) is 0 Å². The molecule has 1 N–H and O–H groups in total. The van der Waals surface area contributed by atoms with E-state index in [1.807, 2.05) is 0 Å². The molecule has 4 nitrogen and oxygen atoms in total. The predicted octanol–water partition coefficient (Wildman–Crippen LogP) is 2.00. The van der Waals surface area contributed by atoms with Crippen LogP contribution in [0, 0.1) is 0 Å². The van der Waals surface area contributed by atoms with E-state index in [0.29, 0.717) is 0 Å². The standard InChI is InChI=1S/C14H24N2O2/c1-16(7-3-8-17-2)11-12-6-9-18-14(12)10-15-13-4-5-13/h6,9,13,15H,3-5,7-8,10-11H2,1-2H3. The van der Waals surface area contributed by atoms with Crippen molar-refractivity contribution < 1.29 is 9.15 Å². The van der Waals surface area contributed by atoms with Crippen LogP contribution in [0.1, 0.15) is 30.6 Å². The highest BCUT2D eigenvalue weighted by Gasteiger charge is 2.21. The van der Waals surface area contributed by atoms with Crippen LogP contribution in [-0.4, -0.2) is 38.3 Å². The van der Waals surface area contributed by atoms with E-state index < -0.39 is 0 Å². The highest BCUT2D eigenvalue weighted by molar-refractivity contribution is 5.17. The van der Waals surface area contributed by atoms with Crippen molar-refractivity contribution in [1.29, 1.82) is 0 Å². The van der Waals surface area contributed by atoms with Crippen molar-refractivity contribution in [1.82, 2.24) is 10.2 Å². The molecular formula is C14H24N2O2. The summed E-state index contributed by atoms with van der Waals surface area (Å²) in [4.78, 5) is 2.31. The molecule has 1 aromatic rings. The van der Waals surface area contributed by atoms with Gasteiger partial charge in [-0.25, -0.2) is 0 Å². The molecule has 0 aliphatic heterocycles. The molecule has 18 heavy (non-hydrogen) atoms. The third-order valence-corrected chi connectivity index (χ3v) is 3.29. The molecule has 4 heteroatoms. The Morgan fingerprint density at radius 1 is 1.50 bits per heavy atom. The number of nitrogens with zero attached hydrogens (tertiary/aromatic N) is 1. The summed E-state index contributed by atoms with van der Waals surface area (Å²) in [6, 6.07) is 2.80. The molecular weight excluding hydrogens is 228 g/mol. The van der Waals surface area contributed by atoms with E-state index >= 15 is 0 Å². The molecule has 102 valence electrons. The number of furan rings is 1. The van der Waals surface area contributed by atoms with Gasteiger partial charge in [0.2, 0.25) is 0 Å². The molecule has 0 unspecified atom stereocenters. The molecule has 0 saturated heterocycles. The predicted molar refractivity (Wildman–Crippen MR) is 71.4 cm³/mol. The largest absolute Gasteiger partial charge is 0.468 e. The average Bonchev–Trinajstić information content (AvgIpc) is 3.08. The minimum atomic E-state index is 0.724. The van der Waals surface area contributed by atoms with Gasteiger partial charge in [0, 0.05) is 38.4 Å². The first kappa shape index (κ1) is 13.6. The molecule has 1 aliphatic carbocycles. The molecule has 0 spiro atoms. The van der Waals surface area contributed by atoms with Crippen LogP contribution in [0.5, 0.6) is 0 Å². The molecule has 0 amide bonds. The Balaban J connectivity index is 1.74. The monoisotopic (exact) mass is 252 g/mol. The third-order valence-electron chi connectivity index (χ3n) is 3.29. The molecule has 1 aromatic heterocycles. The third kappa shape index (κ3) is 4.44. The second-order valence-electron chi connectivity index (χ2n) is 5.11. The Labute approximate surface area is 109 Å². The fraction of sp³-hybridized carbons (Fsp3) is 0.714. The van der Waals surface area contributed by atoms with E-state index in [9.17, 15) is 0 Å². The molecule has 1 heterocycles. The number of ether oxygens (including phenoxy) is 1. The van der Waals surface area contributed by atoms with Gasteiger partial charge in [0.25, 0.3) is 0 Å². The number of nitrogens with one attached hydrogen (secondary N) is 1. The van der Waals surface area contributed by atoms with Crippen LogP contribution in [-0.2, 0) is 17.8 Å². The maximum Gasteiger partial charge on any atom is 0.122 e. The van der Waals surface area contributed by atoms with E-state index in [1.54, 1.807) is 13.4 Å². The average molecular weight is 252 g/mol. The van der Waals surface area contributed by atoms with Crippen LogP contribution in [0.3, 0.4) is 0 Å². The van der Waals surface area contributed by atoms with E-state index in [4.69, 9.17) is 9.15 Å². The van der Waals surface area contributed by atoms with Gasteiger partial charge in [-0.2, -0.15) is 0 Å². The van der Waals surface area contributed by atoms with Gasteiger partial charge < -0.3 is 19.4 Å². The summed E-state index contributed by atoms with van der Waals surface area (Å²) in [7, 11) is 3.89. The van der Waals surface area contributed by atoms with Crippen molar-refractivity contribution in [3.05, 3.63) is 23.7 Å². The van der Waals surface area contributed by atoms with Gasteiger partial charge in [0.15, 0.2) is 0 Å². The molecule has 0 aromatic carbocycles. The van der Waals surface area contributed by atoms with E-state index in [2.05, 4.69) is 23.3 Å². The minimum absolute atomic E-state index is 0.724. The van der Waals surface area contributed by atoms with E-state index in [1.165, 1.54) is 18.4 Å². The van der Waals surface area contributed by atoms with Crippen molar-refractivity contribution in [2.45, 2.75) is 38.4 Å². The summed E-state index contributed by atoms with van der Waals surface area (Å²) in [5.74, 6) is 1.08.